The highest BCUT2D eigenvalue weighted by Crippen LogP contribution is 2.39. The average Bonchev–Trinajstić information content (AvgIpc) is 3.55. The number of aryl methyl sites for hydroxylation is 2. The number of furan rings is 1. The Labute approximate surface area is 216 Å². The Kier molecular flexibility index (Phi) is 6.84. The van der Waals surface area contributed by atoms with E-state index in [-0.39, 0.29) is 30.9 Å². The molecule has 0 unspecified atom stereocenters. The third-order valence-electron chi connectivity index (χ3n) is 7.16. The first-order valence-corrected chi connectivity index (χ1v) is 12.6. The number of hydrogen-bond donors (Lipinski definition) is 1. The Bertz CT molecular complexity index is 1290. The Hall–Kier alpha value is -3.91. The molecule has 8 nitrogen and oxygen atoms in total. The fourth-order valence-electron chi connectivity index (χ4n) is 5.21. The van der Waals surface area contributed by atoms with Gasteiger partial charge in [-0.25, -0.2) is 0 Å². The fraction of sp³-hybridized carbons (Fsp3) is 0.345. The van der Waals surface area contributed by atoms with Gasteiger partial charge in [0.2, 0.25) is 5.91 Å². The summed E-state index contributed by atoms with van der Waals surface area (Å²) in [4.78, 5) is 43.7. The molecule has 8 heteroatoms. The van der Waals surface area contributed by atoms with E-state index in [1.165, 1.54) is 0 Å². The van der Waals surface area contributed by atoms with E-state index in [4.69, 9.17) is 9.15 Å². The largest absolute Gasteiger partial charge is 0.467 e. The van der Waals surface area contributed by atoms with Gasteiger partial charge in [0.25, 0.3) is 11.8 Å². The lowest BCUT2D eigenvalue weighted by atomic mass is 9.95. The normalized spacial score (nSPS) is 18.7. The summed E-state index contributed by atoms with van der Waals surface area (Å²) >= 11 is 0. The molecule has 1 spiro atoms. The summed E-state index contributed by atoms with van der Waals surface area (Å²) in [7, 11) is 0. The highest BCUT2D eigenvalue weighted by atomic mass is 16.5. The molecular formula is C29H31N3O5. The summed E-state index contributed by atoms with van der Waals surface area (Å²) in [6, 6.07) is 17.6. The molecule has 0 radical (unpaired) electrons. The molecule has 192 valence electrons. The van der Waals surface area contributed by atoms with Crippen LogP contribution in [0.4, 0.5) is 0 Å². The molecule has 2 aromatic carbocycles. The Morgan fingerprint density at radius 2 is 1.57 bits per heavy atom. The maximum atomic E-state index is 13.9. The minimum atomic E-state index is -0.961. The zero-order chi connectivity index (χ0) is 26.0. The third-order valence-corrected chi connectivity index (χ3v) is 7.16. The molecule has 2 aliphatic heterocycles. The summed E-state index contributed by atoms with van der Waals surface area (Å²) in [5.74, 6) is 0.0349. The van der Waals surface area contributed by atoms with Gasteiger partial charge in [0.1, 0.15) is 17.5 Å². The SMILES string of the molecule is Cc1cccc(C(=O)N2CCC3(CC2)OC[C@H](C(=O)NCc2ccco2)N3C(=O)c2cccc(C)c2)c1. The number of benzene rings is 2. The second kappa shape index (κ2) is 10.2. The second-order valence-corrected chi connectivity index (χ2v) is 9.78. The van der Waals surface area contributed by atoms with Gasteiger partial charge in [-0.1, -0.05) is 35.4 Å². The van der Waals surface area contributed by atoms with Crippen molar-refractivity contribution in [2.45, 2.75) is 45.0 Å². The predicted molar refractivity (Wildman–Crippen MR) is 137 cm³/mol. The molecule has 1 N–H and O–H groups in total. The molecule has 2 fully saturated rings. The van der Waals surface area contributed by atoms with Crippen LogP contribution in [0.5, 0.6) is 0 Å². The zero-order valence-corrected chi connectivity index (χ0v) is 21.1. The minimum Gasteiger partial charge on any atom is -0.467 e. The smallest absolute Gasteiger partial charge is 0.256 e. The second-order valence-electron chi connectivity index (χ2n) is 9.78. The highest BCUT2D eigenvalue weighted by molar-refractivity contribution is 5.99. The topological polar surface area (TPSA) is 92.1 Å². The van der Waals surface area contributed by atoms with Gasteiger partial charge in [0.15, 0.2) is 0 Å². The van der Waals surface area contributed by atoms with Gasteiger partial charge in [-0.15, -0.1) is 0 Å². The molecule has 3 aromatic rings. The van der Waals surface area contributed by atoms with Crippen LogP contribution in [0, 0.1) is 13.8 Å². The quantitative estimate of drug-likeness (QED) is 0.576. The van der Waals surface area contributed by atoms with Crippen molar-refractivity contribution in [3.63, 3.8) is 0 Å². The molecule has 3 amide bonds. The third kappa shape index (κ3) is 5.02. The number of carbonyl (C=O) groups excluding carboxylic acids is 3. The van der Waals surface area contributed by atoms with E-state index in [1.54, 1.807) is 34.3 Å². The molecule has 3 heterocycles. The lowest BCUT2D eigenvalue weighted by Gasteiger charge is -2.44. The number of amides is 3. The molecule has 0 bridgehead atoms. The van der Waals surface area contributed by atoms with Crippen molar-refractivity contribution in [3.05, 3.63) is 94.9 Å². The molecule has 1 aromatic heterocycles. The van der Waals surface area contributed by atoms with E-state index in [0.29, 0.717) is 42.8 Å². The number of nitrogens with zero attached hydrogens (tertiary/aromatic N) is 2. The van der Waals surface area contributed by atoms with Gasteiger partial charge < -0.3 is 19.4 Å². The average molecular weight is 502 g/mol. The van der Waals surface area contributed by atoms with Crippen LogP contribution in [0.2, 0.25) is 0 Å². The monoisotopic (exact) mass is 501 g/mol. The van der Waals surface area contributed by atoms with Crippen LogP contribution in [0.25, 0.3) is 0 Å². The first-order valence-electron chi connectivity index (χ1n) is 12.6. The lowest BCUT2D eigenvalue weighted by molar-refractivity contribution is -0.128. The van der Waals surface area contributed by atoms with Crippen LogP contribution in [-0.4, -0.2) is 59.0 Å². The first kappa shape index (κ1) is 24.8. The Morgan fingerprint density at radius 3 is 2.16 bits per heavy atom. The number of carbonyl (C=O) groups is 3. The van der Waals surface area contributed by atoms with Crippen molar-refractivity contribution < 1.29 is 23.5 Å². The first-order chi connectivity index (χ1) is 17.9. The maximum absolute atomic E-state index is 13.9. The van der Waals surface area contributed by atoms with Crippen molar-refractivity contribution in [2.24, 2.45) is 0 Å². The van der Waals surface area contributed by atoms with Gasteiger partial charge in [-0.2, -0.15) is 0 Å². The van der Waals surface area contributed by atoms with Gasteiger partial charge in [-0.05, 0) is 50.2 Å². The number of piperidine rings is 1. The van der Waals surface area contributed by atoms with Crippen molar-refractivity contribution in [1.82, 2.24) is 15.1 Å². The van der Waals surface area contributed by atoms with E-state index in [2.05, 4.69) is 5.32 Å². The Balaban J connectivity index is 1.37. The number of hydrogen-bond acceptors (Lipinski definition) is 5. The van der Waals surface area contributed by atoms with Crippen LogP contribution in [0.1, 0.15) is 50.4 Å². The summed E-state index contributed by atoms with van der Waals surface area (Å²) in [6.45, 7) is 5.04. The summed E-state index contributed by atoms with van der Waals surface area (Å²) in [5, 5.41) is 2.88. The Morgan fingerprint density at radius 1 is 0.919 bits per heavy atom. The number of nitrogens with one attached hydrogen (secondary N) is 1. The molecular weight excluding hydrogens is 470 g/mol. The van der Waals surface area contributed by atoms with Crippen molar-refractivity contribution in [3.8, 4) is 0 Å². The molecule has 2 saturated heterocycles. The highest BCUT2D eigenvalue weighted by Gasteiger charge is 2.54. The van der Waals surface area contributed by atoms with Gasteiger partial charge in [-0.3, -0.25) is 19.3 Å². The number of ether oxygens (including phenoxy) is 1. The van der Waals surface area contributed by atoms with E-state index in [1.807, 2.05) is 56.3 Å². The summed E-state index contributed by atoms with van der Waals surface area (Å²) in [5.41, 5.74) is 2.17. The summed E-state index contributed by atoms with van der Waals surface area (Å²) in [6.07, 6.45) is 2.39. The van der Waals surface area contributed by atoms with E-state index in [0.717, 1.165) is 11.1 Å². The van der Waals surface area contributed by atoms with Crippen LogP contribution in [-0.2, 0) is 16.1 Å². The van der Waals surface area contributed by atoms with Crippen molar-refractivity contribution >= 4 is 17.7 Å². The lowest BCUT2D eigenvalue weighted by Crippen LogP contribution is -2.59. The fourth-order valence-corrected chi connectivity index (χ4v) is 5.21. The molecule has 2 aliphatic rings. The predicted octanol–water partition coefficient (Wildman–Crippen LogP) is 3.69. The molecule has 5 rings (SSSR count). The van der Waals surface area contributed by atoms with Crippen LogP contribution >= 0.6 is 0 Å². The minimum absolute atomic E-state index is 0.0409. The number of likely N-dealkylation sites (tertiary alicyclic amines) is 1. The van der Waals surface area contributed by atoms with Crippen LogP contribution in [0.15, 0.2) is 71.3 Å². The molecule has 37 heavy (non-hydrogen) atoms. The van der Waals surface area contributed by atoms with E-state index in [9.17, 15) is 14.4 Å². The van der Waals surface area contributed by atoms with Crippen LogP contribution < -0.4 is 5.32 Å². The standard InChI is InChI=1S/C29H31N3O5/c1-20-6-3-8-22(16-20)27(34)31-13-11-29(12-14-31)32(28(35)23-9-4-7-21(2)17-23)25(19-37-29)26(33)30-18-24-10-5-15-36-24/h3-10,15-17,25H,11-14,18-19H2,1-2H3,(H,30,33)/t25-/m1/s1. The maximum Gasteiger partial charge on any atom is 0.256 e. The molecule has 0 aliphatic carbocycles. The van der Waals surface area contributed by atoms with Crippen molar-refractivity contribution in [1.29, 1.82) is 0 Å². The van der Waals surface area contributed by atoms with Crippen LogP contribution in [0.3, 0.4) is 0 Å². The molecule has 1 atom stereocenters. The summed E-state index contributed by atoms with van der Waals surface area (Å²) < 4.78 is 11.6. The molecule has 0 saturated carbocycles. The van der Waals surface area contributed by atoms with Crippen molar-refractivity contribution in [2.75, 3.05) is 19.7 Å². The zero-order valence-electron chi connectivity index (χ0n) is 21.1. The van der Waals surface area contributed by atoms with E-state index < -0.39 is 11.8 Å². The number of rotatable bonds is 5. The van der Waals surface area contributed by atoms with Gasteiger partial charge in [0, 0.05) is 37.1 Å². The van der Waals surface area contributed by atoms with Gasteiger partial charge >= 0.3 is 0 Å². The van der Waals surface area contributed by atoms with E-state index >= 15 is 0 Å². The van der Waals surface area contributed by atoms with Gasteiger partial charge in [0.05, 0.1) is 19.4 Å².